The number of hydrogen-bond donors (Lipinski definition) is 1. The predicted molar refractivity (Wildman–Crippen MR) is 135 cm³/mol. The van der Waals surface area contributed by atoms with Crippen molar-refractivity contribution < 1.29 is 19.4 Å². The van der Waals surface area contributed by atoms with E-state index in [1.54, 1.807) is 24.3 Å². The quantitative estimate of drug-likeness (QED) is 0.202. The molecule has 9 nitrogen and oxygen atoms in total. The maximum atomic E-state index is 12.4. The van der Waals surface area contributed by atoms with Crippen LogP contribution in [0, 0.1) is 6.92 Å². The SMILES string of the molecule is Cc1ccc(-c2nnc(SCC(=O)NN=Cc3ccccc3OCC(=O)[O-])n2-c2ccccc2)cc1. The van der Waals surface area contributed by atoms with Crippen LogP contribution >= 0.6 is 11.8 Å². The van der Waals surface area contributed by atoms with Crippen LogP contribution in [-0.4, -0.2) is 45.2 Å². The van der Waals surface area contributed by atoms with E-state index in [0.717, 1.165) is 16.8 Å². The molecule has 0 unspecified atom stereocenters. The Hall–Kier alpha value is -4.44. The average molecular weight is 501 g/mol. The first-order chi connectivity index (χ1) is 17.5. The third-order valence-corrected chi connectivity index (χ3v) is 5.88. The van der Waals surface area contributed by atoms with Crippen LogP contribution in [0.3, 0.4) is 0 Å². The van der Waals surface area contributed by atoms with Crippen molar-refractivity contribution in [3.8, 4) is 22.8 Å². The molecule has 0 aliphatic carbocycles. The van der Waals surface area contributed by atoms with Crippen LogP contribution in [0.1, 0.15) is 11.1 Å². The number of amides is 1. The molecule has 0 saturated carbocycles. The van der Waals surface area contributed by atoms with Gasteiger partial charge >= 0.3 is 0 Å². The lowest BCUT2D eigenvalue weighted by molar-refractivity contribution is -0.307. The molecule has 0 radical (unpaired) electrons. The Balaban J connectivity index is 1.45. The number of para-hydroxylation sites is 2. The number of carbonyl (C=O) groups excluding carboxylic acids is 2. The lowest BCUT2D eigenvalue weighted by atomic mass is 10.1. The minimum absolute atomic E-state index is 0.0546. The van der Waals surface area contributed by atoms with Crippen molar-refractivity contribution >= 4 is 29.9 Å². The first kappa shape index (κ1) is 24.7. The molecule has 0 saturated heterocycles. The average Bonchev–Trinajstić information content (AvgIpc) is 3.32. The van der Waals surface area contributed by atoms with E-state index in [1.807, 2.05) is 66.1 Å². The standard InChI is InChI=1S/C26H23N5O4S/c1-18-11-13-19(14-12-18)25-29-30-26(31(25)21-8-3-2-4-9-21)36-17-23(32)28-27-15-20-7-5-6-10-22(20)35-16-24(33)34/h2-15H,16-17H2,1H3,(H,28,32)(H,33,34)/p-1. The Labute approximate surface area is 211 Å². The van der Waals surface area contributed by atoms with Crippen molar-refractivity contribution in [3.63, 3.8) is 0 Å². The number of aromatic nitrogens is 3. The Morgan fingerprint density at radius 2 is 1.75 bits per heavy atom. The van der Waals surface area contributed by atoms with Crippen LogP contribution in [0.25, 0.3) is 17.1 Å². The Kier molecular flexibility index (Phi) is 8.09. The number of carboxylic acid groups (broad SMARTS) is 1. The second-order valence-corrected chi connectivity index (χ2v) is 8.57. The Morgan fingerprint density at radius 1 is 1.03 bits per heavy atom. The van der Waals surface area contributed by atoms with Gasteiger partial charge in [0.05, 0.1) is 17.9 Å². The molecule has 10 heteroatoms. The number of aliphatic carboxylic acids is 1. The van der Waals surface area contributed by atoms with Gasteiger partial charge < -0.3 is 14.6 Å². The molecule has 36 heavy (non-hydrogen) atoms. The zero-order valence-electron chi connectivity index (χ0n) is 19.3. The van der Waals surface area contributed by atoms with Crippen LogP contribution in [0.5, 0.6) is 5.75 Å². The number of ether oxygens (including phenoxy) is 1. The van der Waals surface area contributed by atoms with Gasteiger partial charge in [0.15, 0.2) is 11.0 Å². The molecule has 1 heterocycles. The number of carboxylic acids is 1. The zero-order valence-corrected chi connectivity index (χ0v) is 20.1. The highest BCUT2D eigenvalue weighted by Gasteiger charge is 2.17. The summed E-state index contributed by atoms with van der Waals surface area (Å²) in [6.07, 6.45) is 1.38. The minimum atomic E-state index is -1.33. The molecular weight excluding hydrogens is 478 g/mol. The summed E-state index contributed by atoms with van der Waals surface area (Å²) < 4.78 is 7.09. The van der Waals surface area contributed by atoms with E-state index in [-0.39, 0.29) is 11.7 Å². The highest BCUT2D eigenvalue weighted by Crippen LogP contribution is 2.28. The molecule has 4 rings (SSSR count). The fraction of sp³-hybridized carbons (Fsp3) is 0.115. The first-order valence-electron chi connectivity index (χ1n) is 11.0. The van der Waals surface area contributed by atoms with Gasteiger partial charge in [-0.05, 0) is 31.2 Å². The second-order valence-electron chi connectivity index (χ2n) is 7.62. The fourth-order valence-corrected chi connectivity index (χ4v) is 4.00. The number of thioether (sulfide) groups is 1. The smallest absolute Gasteiger partial charge is 0.250 e. The van der Waals surface area contributed by atoms with Gasteiger partial charge in [0.25, 0.3) is 5.91 Å². The Morgan fingerprint density at radius 3 is 2.50 bits per heavy atom. The number of benzene rings is 3. The summed E-state index contributed by atoms with van der Waals surface area (Å²) in [6.45, 7) is 1.44. The molecule has 0 bridgehead atoms. The number of hydrazone groups is 1. The van der Waals surface area contributed by atoms with E-state index < -0.39 is 12.6 Å². The maximum absolute atomic E-state index is 12.4. The van der Waals surface area contributed by atoms with E-state index in [0.29, 0.717) is 22.3 Å². The summed E-state index contributed by atoms with van der Waals surface area (Å²) in [5.41, 5.74) is 5.92. The normalized spacial score (nSPS) is 10.9. The fourth-order valence-electron chi connectivity index (χ4n) is 3.25. The lowest BCUT2D eigenvalue weighted by Gasteiger charge is -2.10. The van der Waals surface area contributed by atoms with E-state index in [9.17, 15) is 14.7 Å². The van der Waals surface area contributed by atoms with Gasteiger partial charge in [0.1, 0.15) is 12.4 Å². The van der Waals surface area contributed by atoms with Gasteiger partial charge in [-0.2, -0.15) is 5.10 Å². The Bertz CT molecular complexity index is 1370. The van der Waals surface area contributed by atoms with Crippen molar-refractivity contribution in [2.75, 3.05) is 12.4 Å². The first-order valence-corrected chi connectivity index (χ1v) is 11.9. The van der Waals surface area contributed by atoms with E-state index in [2.05, 4.69) is 20.7 Å². The van der Waals surface area contributed by atoms with Crippen LogP contribution in [0.4, 0.5) is 0 Å². The van der Waals surface area contributed by atoms with Crippen LogP contribution in [0.15, 0.2) is 89.1 Å². The summed E-state index contributed by atoms with van der Waals surface area (Å²) in [6, 6.07) is 24.4. The maximum Gasteiger partial charge on any atom is 0.250 e. The number of hydrogen-bond acceptors (Lipinski definition) is 8. The summed E-state index contributed by atoms with van der Waals surface area (Å²) in [5, 5.41) is 23.9. The molecule has 0 atom stereocenters. The summed E-state index contributed by atoms with van der Waals surface area (Å²) in [5.74, 6) is -0.632. The third kappa shape index (κ3) is 6.36. The monoisotopic (exact) mass is 500 g/mol. The number of nitrogens with one attached hydrogen (secondary N) is 1. The van der Waals surface area contributed by atoms with Crippen LogP contribution < -0.4 is 15.3 Å². The van der Waals surface area contributed by atoms with Gasteiger partial charge in [-0.1, -0.05) is 71.9 Å². The van der Waals surface area contributed by atoms with Gasteiger partial charge in [0, 0.05) is 16.8 Å². The molecule has 4 aromatic rings. The molecule has 0 spiro atoms. The van der Waals surface area contributed by atoms with Crippen molar-refractivity contribution in [2.24, 2.45) is 5.10 Å². The molecule has 1 aromatic heterocycles. The number of carbonyl (C=O) groups is 2. The van der Waals surface area contributed by atoms with Gasteiger partial charge in [-0.3, -0.25) is 9.36 Å². The van der Waals surface area contributed by atoms with Crippen molar-refractivity contribution in [2.45, 2.75) is 12.1 Å². The third-order valence-electron chi connectivity index (χ3n) is 4.95. The molecule has 1 N–H and O–H groups in total. The zero-order chi connectivity index (χ0) is 25.3. The number of aryl methyl sites for hydroxylation is 1. The molecule has 3 aromatic carbocycles. The minimum Gasteiger partial charge on any atom is -0.546 e. The lowest BCUT2D eigenvalue weighted by Crippen LogP contribution is -2.29. The van der Waals surface area contributed by atoms with Crippen molar-refractivity contribution in [1.82, 2.24) is 20.2 Å². The summed E-state index contributed by atoms with van der Waals surface area (Å²) in [4.78, 5) is 23.1. The van der Waals surface area contributed by atoms with Gasteiger partial charge in [0.2, 0.25) is 0 Å². The van der Waals surface area contributed by atoms with Crippen molar-refractivity contribution in [3.05, 3.63) is 90.0 Å². The van der Waals surface area contributed by atoms with Gasteiger partial charge in [-0.25, -0.2) is 5.43 Å². The summed E-state index contributed by atoms with van der Waals surface area (Å²) >= 11 is 1.24. The van der Waals surface area contributed by atoms with E-state index >= 15 is 0 Å². The molecular formula is C26H22N5O4S-. The molecule has 0 aliphatic heterocycles. The van der Waals surface area contributed by atoms with Gasteiger partial charge in [-0.15, -0.1) is 10.2 Å². The van der Waals surface area contributed by atoms with Crippen LogP contribution in [-0.2, 0) is 9.59 Å². The number of nitrogens with zero attached hydrogens (tertiary/aromatic N) is 4. The largest absolute Gasteiger partial charge is 0.546 e. The highest BCUT2D eigenvalue weighted by atomic mass is 32.2. The summed E-state index contributed by atoms with van der Waals surface area (Å²) in [7, 11) is 0. The molecule has 1 amide bonds. The van der Waals surface area contributed by atoms with E-state index in [1.165, 1.54) is 18.0 Å². The van der Waals surface area contributed by atoms with E-state index in [4.69, 9.17) is 4.74 Å². The second kappa shape index (κ2) is 11.8. The highest BCUT2D eigenvalue weighted by molar-refractivity contribution is 7.99. The topological polar surface area (TPSA) is 122 Å². The molecule has 0 fully saturated rings. The van der Waals surface area contributed by atoms with Crippen molar-refractivity contribution in [1.29, 1.82) is 0 Å². The van der Waals surface area contributed by atoms with Crippen LogP contribution in [0.2, 0.25) is 0 Å². The molecule has 182 valence electrons. The molecule has 0 aliphatic rings. The predicted octanol–water partition coefficient (Wildman–Crippen LogP) is 2.61. The number of rotatable bonds is 10.